The molecular formula is C15H18FN3O3. The lowest BCUT2D eigenvalue weighted by Gasteiger charge is -2.26. The van der Waals surface area contributed by atoms with Gasteiger partial charge in [-0.2, -0.15) is 0 Å². The number of nitrogens with one attached hydrogen (secondary N) is 1. The minimum absolute atomic E-state index is 0.0311. The zero-order valence-corrected chi connectivity index (χ0v) is 12.0. The number of imide groups is 1. The molecule has 0 spiro atoms. The molecule has 0 bridgehead atoms. The fraction of sp³-hybridized carbons (Fsp3) is 0.467. The SMILES string of the molecule is O=C1CNC(=O)N1CCN1C[C@H](O)C[C@@H]1c1ccc(F)cc1. The number of hydrogen-bond donors (Lipinski definition) is 2. The van der Waals surface area contributed by atoms with Crippen LogP contribution in [0.3, 0.4) is 0 Å². The van der Waals surface area contributed by atoms with E-state index in [2.05, 4.69) is 5.32 Å². The van der Waals surface area contributed by atoms with Crippen LogP contribution in [0.15, 0.2) is 24.3 Å². The molecule has 0 aromatic heterocycles. The zero-order valence-electron chi connectivity index (χ0n) is 12.0. The van der Waals surface area contributed by atoms with E-state index in [0.717, 1.165) is 5.56 Å². The highest BCUT2D eigenvalue weighted by Gasteiger charge is 2.34. The van der Waals surface area contributed by atoms with Crippen molar-refractivity contribution >= 4 is 11.9 Å². The Hall–Kier alpha value is -1.99. The monoisotopic (exact) mass is 307 g/mol. The molecule has 2 aliphatic heterocycles. The standard InChI is InChI=1S/C15H18FN3O3/c16-11-3-1-10(2-4-11)13-7-12(20)9-18(13)5-6-19-14(21)8-17-15(19)22/h1-4,12-13,20H,5-9H2,(H,17,22)/t12-,13-/m1/s1. The molecule has 1 aromatic rings. The summed E-state index contributed by atoms with van der Waals surface area (Å²) in [6, 6.07) is 5.81. The minimum atomic E-state index is -0.460. The summed E-state index contributed by atoms with van der Waals surface area (Å²) in [7, 11) is 0. The number of benzene rings is 1. The van der Waals surface area contributed by atoms with Gasteiger partial charge in [0.15, 0.2) is 0 Å². The fourth-order valence-electron chi connectivity index (χ4n) is 3.07. The van der Waals surface area contributed by atoms with Crippen LogP contribution in [0.2, 0.25) is 0 Å². The predicted octanol–water partition coefficient (Wildman–Crippen LogP) is 0.485. The molecule has 2 N–H and O–H groups in total. The average Bonchev–Trinajstić information content (AvgIpc) is 3.01. The molecule has 3 rings (SSSR count). The molecule has 0 saturated carbocycles. The van der Waals surface area contributed by atoms with E-state index < -0.39 is 6.10 Å². The van der Waals surface area contributed by atoms with Gasteiger partial charge in [0.25, 0.3) is 0 Å². The van der Waals surface area contributed by atoms with Gasteiger partial charge in [-0.05, 0) is 24.1 Å². The first kappa shape index (κ1) is 14.9. The summed E-state index contributed by atoms with van der Waals surface area (Å²) < 4.78 is 13.0. The number of urea groups is 1. The zero-order chi connectivity index (χ0) is 15.7. The first-order chi connectivity index (χ1) is 10.5. The number of carbonyl (C=O) groups is 2. The Balaban J connectivity index is 1.67. The number of amides is 3. The van der Waals surface area contributed by atoms with E-state index in [4.69, 9.17) is 0 Å². The fourth-order valence-corrected chi connectivity index (χ4v) is 3.07. The number of likely N-dealkylation sites (tertiary alicyclic amines) is 1. The third-order valence-corrected chi connectivity index (χ3v) is 4.18. The Bertz CT molecular complexity index is 562. The van der Waals surface area contributed by atoms with Crippen molar-refractivity contribution in [1.29, 1.82) is 0 Å². The Labute approximate surface area is 127 Å². The summed E-state index contributed by atoms with van der Waals surface area (Å²) in [5.41, 5.74) is 0.926. The number of hydrogen-bond acceptors (Lipinski definition) is 4. The Morgan fingerprint density at radius 2 is 1.95 bits per heavy atom. The van der Waals surface area contributed by atoms with Crippen molar-refractivity contribution < 1.29 is 19.1 Å². The largest absolute Gasteiger partial charge is 0.392 e. The van der Waals surface area contributed by atoms with E-state index in [1.54, 1.807) is 12.1 Å². The number of rotatable bonds is 4. The quantitative estimate of drug-likeness (QED) is 0.794. The van der Waals surface area contributed by atoms with Gasteiger partial charge in [-0.3, -0.25) is 14.6 Å². The summed E-state index contributed by atoms with van der Waals surface area (Å²) in [6.45, 7) is 1.29. The number of halogens is 1. The molecule has 1 aromatic carbocycles. The number of aliphatic hydroxyl groups excluding tert-OH is 1. The van der Waals surface area contributed by atoms with Gasteiger partial charge in [0.05, 0.1) is 12.6 Å². The van der Waals surface area contributed by atoms with Crippen LogP contribution >= 0.6 is 0 Å². The maximum absolute atomic E-state index is 13.0. The molecule has 0 unspecified atom stereocenters. The van der Waals surface area contributed by atoms with Gasteiger partial charge in [0.2, 0.25) is 5.91 Å². The lowest BCUT2D eigenvalue weighted by molar-refractivity contribution is -0.125. The molecule has 0 radical (unpaired) electrons. The molecule has 2 aliphatic rings. The molecular weight excluding hydrogens is 289 g/mol. The first-order valence-electron chi connectivity index (χ1n) is 7.30. The third kappa shape index (κ3) is 2.95. The highest BCUT2D eigenvalue weighted by molar-refractivity contribution is 6.01. The molecule has 7 heteroatoms. The number of nitrogens with zero attached hydrogens (tertiary/aromatic N) is 2. The molecule has 3 amide bonds. The summed E-state index contributed by atoms with van der Waals surface area (Å²) in [6.07, 6.45) is 0.101. The molecule has 6 nitrogen and oxygen atoms in total. The molecule has 22 heavy (non-hydrogen) atoms. The van der Waals surface area contributed by atoms with E-state index in [1.807, 2.05) is 4.90 Å². The van der Waals surface area contributed by atoms with Gasteiger partial charge >= 0.3 is 6.03 Å². The predicted molar refractivity (Wildman–Crippen MR) is 76.4 cm³/mol. The van der Waals surface area contributed by atoms with Gasteiger partial charge in [-0.25, -0.2) is 9.18 Å². The Kier molecular flexibility index (Phi) is 4.08. The van der Waals surface area contributed by atoms with Crippen LogP contribution in [0.4, 0.5) is 9.18 Å². The second-order valence-electron chi connectivity index (χ2n) is 5.66. The average molecular weight is 307 g/mol. The molecule has 0 aliphatic carbocycles. The van der Waals surface area contributed by atoms with Crippen LogP contribution < -0.4 is 5.32 Å². The van der Waals surface area contributed by atoms with Crippen molar-refractivity contribution in [3.05, 3.63) is 35.6 Å². The molecule has 2 saturated heterocycles. The van der Waals surface area contributed by atoms with E-state index in [-0.39, 0.29) is 36.9 Å². The van der Waals surface area contributed by atoms with Crippen LogP contribution in [0.25, 0.3) is 0 Å². The number of β-amino-alcohol motifs (C(OH)–C–C–N with tert-alkyl or cyclic N) is 1. The van der Waals surface area contributed by atoms with Gasteiger partial charge in [-0.15, -0.1) is 0 Å². The van der Waals surface area contributed by atoms with E-state index in [1.165, 1.54) is 17.0 Å². The van der Waals surface area contributed by atoms with Crippen molar-refractivity contribution in [2.24, 2.45) is 0 Å². The van der Waals surface area contributed by atoms with Crippen LogP contribution in [0.5, 0.6) is 0 Å². The summed E-state index contributed by atoms with van der Waals surface area (Å²) in [5, 5.41) is 12.4. The lowest BCUT2D eigenvalue weighted by atomic mass is 10.0. The van der Waals surface area contributed by atoms with Crippen LogP contribution in [-0.2, 0) is 4.79 Å². The van der Waals surface area contributed by atoms with Crippen molar-refractivity contribution in [3.8, 4) is 0 Å². The van der Waals surface area contributed by atoms with Gasteiger partial charge in [0.1, 0.15) is 5.82 Å². The van der Waals surface area contributed by atoms with Gasteiger partial charge in [0, 0.05) is 25.7 Å². The lowest BCUT2D eigenvalue weighted by Crippen LogP contribution is -2.39. The van der Waals surface area contributed by atoms with Crippen molar-refractivity contribution in [2.45, 2.75) is 18.6 Å². The van der Waals surface area contributed by atoms with E-state index in [9.17, 15) is 19.1 Å². The van der Waals surface area contributed by atoms with E-state index in [0.29, 0.717) is 19.5 Å². The Morgan fingerprint density at radius 3 is 2.59 bits per heavy atom. The smallest absolute Gasteiger partial charge is 0.324 e. The topological polar surface area (TPSA) is 72.9 Å². The summed E-state index contributed by atoms with van der Waals surface area (Å²) in [5.74, 6) is -0.531. The van der Waals surface area contributed by atoms with Gasteiger partial charge in [-0.1, -0.05) is 12.1 Å². The highest BCUT2D eigenvalue weighted by atomic mass is 19.1. The normalized spacial score (nSPS) is 25.8. The summed E-state index contributed by atoms with van der Waals surface area (Å²) >= 11 is 0. The molecule has 2 atom stereocenters. The van der Waals surface area contributed by atoms with Crippen molar-refractivity contribution in [3.63, 3.8) is 0 Å². The first-order valence-corrected chi connectivity index (χ1v) is 7.30. The second kappa shape index (κ2) is 6.02. The molecule has 118 valence electrons. The third-order valence-electron chi connectivity index (χ3n) is 4.18. The Morgan fingerprint density at radius 1 is 1.23 bits per heavy atom. The maximum Gasteiger partial charge on any atom is 0.324 e. The van der Waals surface area contributed by atoms with Crippen LogP contribution in [0.1, 0.15) is 18.0 Å². The highest BCUT2D eigenvalue weighted by Crippen LogP contribution is 2.31. The molecule has 2 heterocycles. The minimum Gasteiger partial charge on any atom is -0.392 e. The number of carbonyl (C=O) groups excluding carboxylic acids is 2. The van der Waals surface area contributed by atoms with Crippen molar-refractivity contribution in [2.75, 3.05) is 26.2 Å². The van der Waals surface area contributed by atoms with Crippen LogP contribution in [0, 0.1) is 5.82 Å². The maximum atomic E-state index is 13.0. The van der Waals surface area contributed by atoms with Crippen LogP contribution in [-0.4, -0.2) is 59.1 Å². The number of aliphatic hydroxyl groups is 1. The molecule has 2 fully saturated rings. The van der Waals surface area contributed by atoms with Gasteiger partial charge < -0.3 is 10.4 Å². The summed E-state index contributed by atoms with van der Waals surface area (Å²) in [4.78, 5) is 26.3. The van der Waals surface area contributed by atoms with Crippen molar-refractivity contribution in [1.82, 2.24) is 15.1 Å². The van der Waals surface area contributed by atoms with E-state index >= 15 is 0 Å². The second-order valence-corrected chi connectivity index (χ2v) is 5.66.